The van der Waals surface area contributed by atoms with E-state index in [0.29, 0.717) is 32.5 Å². The Morgan fingerprint density at radius 2 is 2.22 bits per heavy atom. The summed E-state index contributed by atoms with van der Waals surface area (Å²) in [5, 5.41) is 6.20. The molecule has 6 heteroatoms. The number of pyridine rings is 1. The van der Waals surface area contributed by atoms with Crippen LogP contribution >= 0.6 is 0 Å². The molecule has 1 aliphatic heterocycles. The highest BCUT2D eigenvalue weighted by Crippen LogP contribution is 2.17. The van der Waals surface area contributed by atoms with Crippen molar-refractivity contribution in [2.24, 2.45) is 5.92 Å². The third-order valence-electron chi connectivity index (χ3n) is 4.12. The van der Waals surface area contributed by atoms with E-state index >= 15 is 0 Å². The Bertz CT molecular complexity index is 530. The van der Waals surface area contributed by atoms with Gasteiger partial charge in [0.1, 0.15) is 5.82 Å². The molecule has 0 spiro atoms. The summed E-state index contributed by atoms with van der Waals surface area (Å²) in [6, 6.07) is 3.97. The fraction of sp³-hybridized carbons (Fsp3) is 0.588. The number of likely N-dealkylation sites (tertiary alicyclic amines) is 1. The zero-order valence-corrected chi connectivity index (χ0v) is 14.0. The summed E-state index contributed by atoms with van der Waals surface area (Å²) < 4.78 is 0. The SMILES string of the molecule is CCN1C[C@H](C(=O)NCCCNc2ccc(C)cn2)CCC1=O. The first kappa shape index (κ1) is 17.2. The molecule has 0 unspecified atom stereocenters. The first-order valence-electron chi connectivity index (χ1n) is 8.32. The molecule has 6 nitrogen and oxygen atoms in total. The molecule has 1 saturated heterocycles. The second-order valence-electron chi connectivity index (χ2n) is 5.96. The molecule has 1 aliphatic rings. The van der Waals surface area contributed by atoms with Gasteiger partial charge in [0.15, 0.2) is 0 Å². The van der Waals surface area contributed by atoms with E-state index in [4.69, 9.17) is 0 Å². The van der Waals surface area contributed by atoms with Gasteiger partial charge in [-0.2, -0.15) is 0 Å². The maximum Gasteiger partial charge on any atom is 0.224 e. The second-order valence-corrected chi connectivity index (χ2v) is 5.96. The number of piperidine rings is 1. The lowest BCUT2D eigenvalue weighted by molar-refractivity contribution is -0.138. The van der Waals surface area contributed by atoms with Gasteiger partial charge in [0.05, 0.1) is 5.92 Å². The Labute approximate surface area is 137 Å². The number of hydrogen-bond acceptors (Lipinski definition) is 4. The van der Waals surface area contributed by atoms with Crippen LogP contribution in [0.1, 0.15) is 31.7 Å². The van der Waals surface area contributed by atoms with Crippen molar-refractivity contribution < 1.29 is 9.59 Å². The van der Waals surface area contributed by atoms with Crippen molar-refractivity contribution in [1.82, 2.24) is 15.2 Å². The third kappa shape index (κ3) is 5.23. The number of rotatable bonds is 7. The molecule has 0 saturated carbocycles. The predicted molar refractivity (Wildman–Crippen MR) is 90.1 cm³/mol. The van der Waals surface area contributed by atoms with E-state index in [1.807, 2.05) is 32.2 Å². The Kier molecular flexibility index (Phi) is 6.38. The molecule has 126 valence electrons. The zero-order chi connectivity index (χ0) is 16.7. The minimum atomic E-state index is -0.0700. The molecule has 2 rings (SSSR count). The van der Waals surface area contributed by atoms with Gasteiger partial charge in [0.2, 0.25) is 11.8 Å². The van der Waals surface area contributed by atoms with Gasteiger partial charge in [-0.15, -0.1) is 0 Å². The van der Waals surface area contributed by atoms with Crippen molar-refractivity contribution >= 4 is 17.6 Å². The summed E-state index contributed by atoms with van der Waals surface area (Å²) in [5.74, 6) is 1.00. The Hall–Kier alpha value is -2.11. The van der Waals surface area contributed by atoms with Gasteiger partial charge < -0.3 is 15.5 Å². The van der Waals surface area contributed by atoms with Crippen molar-refractivity contribution in [3.63, 3.8) is 0 Å². The molecular formula is C17H26N4O2. The van der Waals surface area contributed by atoms with Crippen LogP contribution in [0.25, 0.3) is 0 Å². The van der Waals surface area contributed by atoms with Crippen LogP contribution in [0.2, 0.25) is 0 Å². The molecule has 1 atom stereocenters. The summed E-state index contributed by atoms with van der Waals surface area (Å²) in [5.41, 5.74) is 1.13. The highest BCUT2D eigenvalue weighted by molar-refractivity contribution is 5.83. The summed E-state index contributed by atoms with van der Waals surface area (Å²) in [6.45, 7) is 6.57. The third-order valence-corrected chi connectivity index (χ3v) is 4.12. The van der Waals surface area contributed by atoms with Crippen LogP contribution in [0.15, 0.2) is 18.3 Å². The Morgan fingerprint density at radius 1 is 1.39 bits per heavy atom. The number of carbonyl (C=O) groups excluding carboxylic acids is 2. The number of aryl methyl sites for hydroxylation is 1. The van der Waals surface area contributed by atoms with Crippen molar-refractivity contribution in [2.75, 3.05) is 31.5 Å². The number of aromatic nitrogens is 1. The maximum absolute atomic E-state index is 12.2. The van der Waals surface area contributed by atoms with Gasteiger partial charge in [-0.3, -0.25) is 9.59 Å². The summed E-state index contributed by atoms with van der Waals surface area (Å²) in [4.78, 5) is 29.8. The van der Waals surface area contributed by atoms with Crippen LogP contribution in [0, 0.1) is 12.8 Å². The Balaban J connectivity index is 1.63. The Morgan fingerprint density at radius 3 is 2.91 bits per heavy atom. The molecule has 1 aromatic rings. The van der Waals surface area contributed by atoms with E-state index in [9.17, 15) is 9.59 Å². The molecule has 2 amide bonds. The summed E-state index contributed by atoms with van der Waals surface area (Å²) in [6.07, 6.45) is 3.80. The zero-order valence-electron chi connectivity index (χ0n) is 14.0. The average molecular weight is 318 g/mol. The molecule has 0 bridgehead atoms. The van der Waals surface area contributed by atoms with Crippen LogP contribution in [0.5, 0.6) is 0 Å². The maximum atomic E-state index is 12.2. The lowest BCUT2D eigenvalue weighted by Gasteiger charge is -2.31. The van der Waals surface area contributed by atoms with Crippen molar-refractivity contribution in [2.45, 2.75) is 33.1 Å². The second kappa shape index (κ2) is 8.50. The molecule has 1 aromatic heterocycles. The highest BCUT2D eigenvalue weighted by Gasteiger charge is 2.28. The van der Waals surface area contributed by atoms with E-state index < -0.39 is 0 Å². The van der Waals surface area contributed by atoms with Crippen molar-refractivity contribution in [3.8, 4) is 0 Å². The normalized spacial score (nSPS) is 17.9. The van der Waals surface area contributed by atoms with Crippen LogP contribution in [0.3, 0.4) is 0 Å². The minimum absolute atomic E-state index is 0.0596. The standard InChI is InChI=1S/C17H26N4O2/c1-3-21-12-14(6-8-16(21)22)17(23)19-10-4-9-18-15-7-5-13(2)11-20-15/h5,7,11,14H,3-4,6,8-10,12H2,1-2H3,(H,18,20)(H,19,23)/t14-/m1/s1. The summed E-state index contributed by atoms with van der Waals surface area (Å²) >= 11 is 0. The highest BCUT2D eigenvalue weighted by atomic mass is 16.2. The van der Waals surface area contributed by atoms with Crippen LogP contribution in [-0.4, -0.2) is 47.9 Å². The number of anilines is 1. The van der Waals surface area contributed by atoms with Gasteiger partial charge in [0, 0.05) is 38.8 Å². The van der Waals surface area contributed by atoms with Gasteiger partial charge in [-0.1, -0.05) is 6.07 Å². The molecule has 2 N–H and O–H groups in total. The number of nitrogens with one attached hydrogen (secondary N) is 2. The quantitative estimate of drug-likeness (QED) is 0.748. The molecule has 0 aliphatic carbocycles. The number of nitrogens with zero attached hydrogens (tertiary/aromatic N) is 2. The molecule has 1 fully saturated rings. The van der Waals surface area contributed by atoms with Gasteiger partial charge in [-0.05, 0) is 38.3 Å². The lowest BCUT2D eigenvalue weighted by atomic mass is 9.96. The van der Waals surface area contributed by atoms with E-state index in [-0.39, 0.29) is 17.7 Å². The fourth-order valence-corrected chi connectivity index (χ4v) is 2.67. The molecular weight excluding hydrogens is 292 g/mol. The van der Waals surface area contributed by atoms with Crippen LogP contribution < -0.4 is 10.6 Å². The smallest absolute Gasteiger partial charge is 0.224 e. The lowest BCUT2D eigenvalue weighted by Crippen LogP contribution is -2.45. The van der Waals surface area contributed by atoms with Gasteiger partial charge >= 0.3 is 0 Å². The molecule has 23 heavy (non-hydrogen) atoms. The van der Waals surface area contributed by atoms with Crippen molar-refractivity contribution in [3.05, 3.63) is 23.9 Å². The largest absolute Gasteiger partial charge is 0.370 e. The van der Waals surface area contributed by atoms with E-state index in [1.54, 1.807) is 4.90 Å². The minimum Gasteiger partial charge on any atom is -0.370 e. The fourth-order valence-electron chi connectivity index (χ4n) is 2.67. The first-order chi connectivity index (χ1) is 11.1. The first-order valence-corrected chi connectivity index (χ1v) is 8.32. The van der Waals surface area contributed by atoms with E-state index in [2.05, 4.69) is 15.6 Å². The monoisotopic (exact) mass is 318 g/mol. The van der Waals surface area contributed by atoms with Gasteiger partial charge in [-0.25, -0.2) is 4.98 Å². The molecule has 2 heterocycles. The number of hydrogen-bond donors (Lipinski definition) is 2. The van der Waals surface area contributed by atoms with E-state index in [1.165, 1.54) is 0 Å². The number of carbonyl (C=O) groups is 2. The molecule has 0 aromatic carbocycles. The van der Waals surface area contributed by atoms with Crippen LogP contribution in [-0.2, 0) is 9.59 Å². The van der Waals surface area contributed by atoms with Crippen LogP contribution in [0.4, 0.5) is 5.82 Å². The molecule has 0 radical (unpaired) electrons. The summed E-state index contributed by atoms with van der Waals surface area (Å²) in [7, 11) is 0. The number of amides is 2. The predicted octanol–water partition coefficient (Wildman–Crippen LogP) is 1.57. The van der Waals surface area contributed by atoms with E-state index in [0.717, 1.165) is 24.3 Å². The topological polar surface area (TPSA) is 74.3 Å². The van der Waals surface area contributed by atoms with Gasteiger partial charge in [0.25, 0.3) is 0 Å². The average Bonchev–Trinajstić information content (AvgIpc) is 2.56. The van der Waals surface area contributed by atoms with Crippen molar-refractivity contribution in [1.29, 1.82) is 0 Å².